The first-order valence-corrected chi connectivity index (χ1v) is 9.11. The van der Waals surface area contributed by atoms with Crippen LogP contribution < -0.4 is 0 Å². The van der Waals surface area contributed by atoms with Crippen molar-refractivity contribution in [1.82, 2.24) is 9.97 Å². The fourth-order valence-corrected chi connectivity index (χ4v) is 3.03. The Hall–Kier alpha value is -2.88. The highest BCUT2D eigenvalue weighted by molar-refractivity contribution is 5.68. The molecular formula is C22H24N2O2. The van der Waals surface area contributed by atoms with E-state index in [0.717, 1.165) is 59.6 Å². The van der Waals surface area contributed by atoms with Crippen molar-refractivity contribution in [2.75, 3.05) is 0 Å². The summed E-state index contributed by atoms with van der Waals surface area (Å²) in [6, 6.07) is 14.3. The number of benzene rings is 2. The fourth-order valence-electron chi connectivity index (χ4n) is 3.03. The number of aryl methyl sites for hydroxylation is 2. The fraction of sp³-hybridized carbons (Fsp3) is 0.273. The zero-order valence-corrected chi connectivity index (χ0v) is 15.2. The average Bonchev–Trinajstić information content (AvgIpc) is 2.64. The molecule has 134 valence electrons. The number of hydrogen-bond donors (Lipinski definition) is 2. The molecule has 0 aliphatic rings. The van der Waals surface area contributed by atoms with Gasteiger partial charge in [-0.05, 0) is 61.4 Å². The molecule has 0 bridgehead atoms. The van der Waals surface area contributed by atoms with Crippen LogP contribution in [-0.4, -0.2) is 20.2 Å². The van der Waals surface area contributed by atoms with E-state index in [-0.39, 0.29) is 11.5 Å². The van der Waals surface area contributed by atoms with Crippen LogP contribution in [-0.2, 0) is 12.8 Å². The maximum Gasteiger partial charge on any atom is 0.115 e. The lowest BCUT2D eigenvalue weighted by Gasteiger charge is -2.15. The monoisotopic (exact) mass is 348 g/mol. The van der Waals surface area contributed by atoms with Crippen LogP contribution in [0.3, 0.4) is 0 Å². The summed E-state index contributed by atoms with van der Waals surface area (Å²) in [6.07, 6.45) is 3.62. The van der Waals surface area contributed by atoms with Crippen LogP contribution in [0.5, 0.6) is 11.5 Å². The van der Waals surface area contributed by atoms with Crippen molar-refractivity contribution < 1.29 is 10.2 Å². The number of aromatic nitrogens is 2. The molecule has 0 radical (unpaired) electrons. The minimum Gasteiger partial charge on any atom is -0.508 e. The van der Waals surface area contributed by atoms with Gasteiger partial charge in [-0.3, -0.25) is 0 Å². The van der Waals surface area contributed by atoms with Crippen molar-refractivity contribution >= 4 is 0 Å². The average molecular weight is 348 g/mol. The highest BCUT2D eigenvalue weighted by Gasteiger charge is 2.16. The number of nitrogens with zero attached hydrogens (tertiary/aromatic N) is 2. The Bertz CT molecular complexity index is 797. The van der Waals surface area contributed by atoms with Crippen molar-refractivity contribution in [2.45, 2.75) is 39.5 Å². The minimum atomic E-state index is 0.244. The third kappa shape index (κ3) is 3.85. The summed E-state index contributed by atoms with van der Waals surface area (Å²) in [7, 11) is 0. The summed E-state index contributed by atoms with van der Waals surface area (Å²) >= 11 is 0. The predicted molar refractivity (Wildman–Crippen MR) is 104 cm³/mol. The molecule has 4 heteroatoms. The highest BCUT2D eigenvalue weighted by Crippen LogP contribution is 2.30. The summed E-state index contributed by atoms with van der Waals surface area (Å²) in [4.78, 5) is 9.95. The van der Waals surface area contributed by atoms with Gasteiger partial charge >= 0.3 is 0 Å². The molecule has 0 aliphatic carbocycles. The molecule has 1 heterocycles. The third-order valence-electron chi connectivity index (χ3n) is 4.30. The van der Waals surface area contributed by atoms with Crippen molar-refractivity contribution in [3.05, 3.63) is 59.9 Å². The number of aromatic hydroxyl groups is 2. The molecule has 0 saturated carbocycles. The Morgan fingerprint density at radius 3 is 1.27 bits per heavy atom. The van der Waals surface area contributed by atoms with Crippen LogP contribution in [0.1, 0.15) is 38.1 Å². The highest BCUT2D eigenvalue weighted by atomic mass is 16.3. The van der Waals surface area contributed by atoms with Gasteiger partial charge in [0.15, 0.2) is 0 Å². The van der Waals surface area contributed by atoms with Gasteiger partial charge in [0, 0.05) is 11.1 Å². The SMILES string of the molecule is CCCc1nc(-c2ccc(O)cc2)c(CCC)nc1-c1ccc(O)cc1. The van der Waals surface area contributed by atoms with Gasteiger partial charge in [0.1, 0.15) is 11.5 Å². The van der Waals surface area contributed by atoms with E-state index in [0.29, 0.717) is 0 Å². The molecule has 3 rings (SSSR count). The Kier molecular flexibility index (Phi) is 5.52. The molecule has 0 unspecified atom stereocenters. The van der Waals surface area contributed by atoms with E-state index in [2.05, 4.69) is 13.8 Å². The van der Waals surface area contributed by atoms with Gasteiger partial charge in [-0.25, -0.2) is 9.97 Å². The Morgan fingerprint density at radius 2 is 0.962 bits per heavy atom. The summed E-state index contributed by atoms with van der Waals surface area (Å²) in [5.74, 6) is 0.487. The molecule has 0 saturated heterocycles. The summed E-state index contributed by atoms with van der Waals surface area (Å²) < 4.78 is 0. The smallest absolute Gasteiger partial charge is 0.115 e. The van der Waals surface area contributed by atoms with Gasteiger partial charge in [-0.15, -0.1) is 0 Å². The van der Waals surface area contributed by atoms with Crippen molar-refractivity contribution in [3.8, 4) is 34.0 Å². The van der Waals surface area contributed by atoms with Gasteiger partial charge in [-0.2, -0.15) is 0 Å². The molecule has 2 aromatic carbocycles. The first kappa shape index (κ1) is 17.9. The lowest BCUT2D eigenvalue weighted by Crippen LogP contribution is -2.05. The van der Waals surface area contributed by atoms with Crippen LogP contribution >= 0.6 is 0 Å². The number of hydrogen-bond acceptors (Lipinski definition) is 4. The molecule has 1 aromatic heterocycles. The van der Waals surface area contributed by atoms with E-state index in [1.54, 1.807) is 24.3 Å². The van der Waals surface area contributed by atoms with Gasteiger partial charge < -0.3 is 10.2 Å². The quantitative estimate of drug-likeness (QED) is 0.648. The van der Waals surface area contributed by atoms with E-state index in [4.69, 9.17) is 9.97 Å². The second-order valence-electron chi connectivity index (χ2n) is 6.41. The topological polar surface area (TPSA) is 66.2 Å². The zero-order chi connectivity index (χ0) is 18.5. The molecule has 4 nitrogen and oxygen atoms in total. The van der Waals surface area contributed by atoms with Crippen molar-refractivity contribution in [2.24, 2.45) is 0 Å². The van der Waals surface area contributed by atoms with Crippen LogP contribution in [0.2, 0.25) is 0 Å². The summed E-state index contributed by atoms with van der Waals surface area (Å²) in [5.41, 5.74) is 5.62. The van der Waals surface area contributed by atoms with Crippen LogP contribution in [0.4, 0.5) is 0 Å². The van der Waals surface area contributed by atoms with Crippen LogP contribution in [0, 0.1) is 0 Å². The standard InChI is InChI=1S/C22H24N2O2/c1-3-5-19-21(15-7-11-17(25)12-8-15)24-20(6-4-2)22(23-19)16-9-13-18(26)14-10-16/h7-14,25-26H,3-6H2,1-2H3. The largest absolute Gasteiger partial charge is 0.508 e. The van der Waals surface area contributed by atoms with Gasteiger partial charge in [-0.1, -0.05) is 26.7 Å². The van der Waals surface area contributed by atoms with Gasteiger partial charge in [0.25, 0.3) is 0 Å². The van der Waals surface area contributed by atoms with Crippen molar-refractivity contribution in [1.29, 1.82) is 0 Å². The number of phenols is 2. The lowest BCUT2D eigenvalue weighted by molar-refractivity contribution is 0.475. The molecule has 0 atom stereocenters. The molecule has 0 spiro atoms. The molecular weight excluding hydrogens is 324 g/mol. The van der Waals surface area contributed by atoms with E-state index >= 15 is 0 Å². The Morgan fingerprint density at radius 1 is 0.615 bits per heavy atom. The number of phenolic OH excluding ortho intramolecular Hbond substituents is 2. The minimum absolute atomic E-state index is 0.244. The molecule has 0 aliphatic heterocycles. The molecule has 0 amide bonds. The predicted octanol–water partition coefficient (Wildman–Crippen LogP) is 5.13. The second kappa shape index (κ2) is 8.00. The van der Waals surface area contributed by atoms with Gasteiger partial charge in [0.2, 0.25) is 0 Å². The van der Waals surface area contributed by atoms with Crippen LogP contribution in [0.15, 0.2) is 48.5 Å². The first-order valence-electron chi connectivity index (χ1n) is 9.11. The van der Waals surface area contributed by atoms with Crippen molar-refractivity contribution in [3.63, 3.8) is 0 Å². The van der Waals surface area contributed by atoms with E-state index in [9.17, 15) is 10.2 Å². The Balaban J connectivity index is 2.17. The lowest BCUT2D eigenvalue weighted by atomic mass is 10.0. The van der Waals surface area contributed by atoms with E-state index in [1.165, 1.54) is 0 Å². The van der Waals surface area contributed by atoms with Gasteiger partial charge in [0.05, 0.1) is 22.8 Å². The number of rotatable bonds is 6. The first-order chi connectivity index (χ1) is 12.6. The van der Waals surface area contributed by atoms with Crippen LogP contribution in [0.25, 0.3) is 22.5 Å². The molecule has 2 N–H and O–H groups in total. The van der Waals surface area contributed by atoms with E-state index in [1.807, 2.05) is 24.3 Å². The third-order valence-corrected chi connectivity index (χ3v) is 4.30. The molecule has 0 fully saturated rings. The second-order valence-corrected chi connectivity index (χ2v) is 6.41. The summed E-state index contributed by atoms with van der Waals surface area (Å²) in [5, 5.41) is 19.1. The normalized spacial score (nSPS) is 10.8. The maximum absolute atomic E-state index is 9.57. The molecule has 3 aromatic rings. The molecule has 26 heavy (non-hydrogen) atoms. The maximum atomic E-state index is 9.57. The summed E-state index contributed by atoms with van der Waals surface area (Å²) in [6.45, 7) is 4.25. The Labute approximate surface area is 154 Å². The van der Waals surface area contributed by atoms with E-state index < -0.39 is 0 Å². The zero-order valence-electron chi connectivity index (χ0n) is 15.2.